The van der Waals surface area contributed by atoms with Gasteiger partial charge in [0.25, 0.3) is 0 Å². The molecular weight excluding hydrogens is 94.0 g/mol. The van der Waals surface area contributed by atoms with E-state index in [2.05, 4.69) is 5.32 Å². The molecule has 0 spiro atoms. The first kappa shape index (κ1) is 6.27. The van der Waals surface area contributed by atoms with E-state index >= 15 is 0 Å². The average molecular weight is 102 g/mol. The molecule has 0 bridgehead atoms. The third kappa shape index (κ3) is 5.27. The van der Waals surface area contributed by atoms with Crippen LogP contribution >= 0.6 is 0 Å². The maximum Gasteiger partial charge on any atom is 0.450 e. The molecule has 0 rings (SSSR count). The second-order valence-corrected chi connectivity index (χ2v) is 1.21. The number of nitrogens with one attached hydrogen (secondary N) is 1. The Balaban J connectivity index is 2.82. The highest BCUT2D eigenvalue weighted by atomic mass is 16.4. The predicted molar refractivity (Wildman–Crippen MR) is 24.4 cm³/mol. The third-order valence-corrected chi connectivity index (χ3v) is 0.519. The molecule has 0 fully saturated rings. The van der Waals surface area contributed by atoms with Gasteiger partial charge in [0.05, 0.1) is 0 Å². The maximum absolute atomic E-state index is 9.54. The molecule has 3 nitrogen and oxygen atoms in total. The Morgan fingerprint density at radius 3 is 2.43 bits per heavy atom. The van der Waals surface area contributed by atoms with E-state index in [1.165, 1.54) is 0 Å². The summed E-state index contributed by atoms with van der Waals surface area (Å²) in [6.07, 6.45) is -0.379. The van der Waals surface area contributed by atoms with Gasteiger partial charge < -0.3 is 5.32 Å². The van der Waals surface area contributed by atoms with Gasteiger partial charge in [-0.1, -0.05) is 6.92 Å². The van der Waals surface area contributed by atoms with Gasteiger partial charge >= 0.3 is 6.09 Å². The van der Waals surface area contributed by atoms with Crippen molar-refractivity contribution >= 4 is 6.09 Å². The highest BCUT2D eigenvalue weighted by molar-refractivity contribution is 5.63. The predicted octanol–water partition coefficient (Wildman–Crippen LogP) is 0.536. The lowest BCUT2D eigenvalue weighted by Gasteiger charge is -1.89. The van der Waals surface area contributed by atoms with Gasteiger partial charge in [-0.3, -0.25) is 0 Å². The SMILES string of the molecule is CCCNC([O])=O. The summed E-state index contributed by atoms with van der Waals surface area (Å²) in [5.74, 6) is 0. The monoisotopic (exact) mass is 102 g/mol. The van der Waals surface area contributed by atoms with Crippen molar-refractivity contribution in [2.45, 2.75) is 13.3 Å². The van der Waals surface area contributed by atoms with Crippen molar-refractivity contribution in [2.24, 2.45) is 0 Å². The zero-order valence-electron chi connectivity index (χ0n) is 4.23. The zero-order chi connectivity index (χ0) is 5.70. The second kappa shape index (κ2) is 3.46. The molecule has 0 aromatic heterocycles. The van der Waals surface area contributed by atoms with Crippen LogP contribution in [0.3, 0.4) is 0 Å². The summed E-state index contributed by atoms with van der Waals surface area (Å²) in [4.78, 5) is 9.54. The lowest BCUT2D eigenvalue weighted by Crippen LogP contribution is -2.19. The largest absolute Gasteiger partial charge is 0.450 e. The van der Waals surface area contributed by atoms with Crippen molar-refractivity contribution in [2.75, 3.05) is 6.54 Å². The Kier molecular flexibility index (Phi) is 3.10. The molecule has 0 aromatic carbocycles. The molecule has 1 radical (unpaired) electrons. The van der Waals surface area contributed by atoms with Crippen LogP contribution in [0, 0.1) is 0 Å². The highest BCUT2D eigenvalue weighted by Crippen LogP contribution is 1.68. The van der Waals surface area contributed by atoms with E-state index in [1.807, 2.05) is 6.92 Å². The summed E-state index contributed by atoms with van der Waals surface area (Å²) in [7, 11) is 0. The minimum absolute atomic E-state index is 0.488. The summed E-state index contributed by atoms with van der Waals surface area (Å²) >= 11 is 0. The van der Waals surface area contributed by atoms with Crippen LogP contribution in [0.2, 0.25) is 0 Å². The number of carbonyl (C=O) groups excluding carboxylic acids is 1. The summed E-state index contributed by atoms with van der Waals surface area (Å²) in [5, 5.41) is 11.6. The van der Waals surface area contributed by atoms with Crippen molar-refractivity contribution < 1.29 is 9.90 Å². The zero-order valence-corrected chi connectivity index (χ0v) is 4.23. The van der Waals surface area contributed by atoms with Crippen molar-refractivity contribution in [1.29, 1.82) is 0 Å². The molecule has 3 heteroatoms. The number of hydrogen-bond acceptors (Lipinski definition) is 1. The van der Waals surface area contributed by atoms with E-state index in [0.717, 1.165) is 6.42 Å². The molecular formula is C4H8NO2. The van der Waals surface area contributed by atoms with E-state index in [0.29, 0.717) is 6.54 Å². The van der Waals surface area contributed by atoms with Crippen molar-refractivity contribution in [3.63, 3.8) is 0 Å². The standard InChI is InChI=1S/C4H8NO2/c1-2-3-5-4(6)7/h5H,2-3H2,1H3. The minimum atomic E-state index is -1.19. The molecule has 0 saturated carbocycles. The molecule has 0 aliphatic carbocycles. The number of rotatable bonds is 2. The fourth-order valence-corrected chi connectivity index (χ4v) is 0.227. The van der Waals surface area contributed by atoms with Gasteiger partial charge in [0.1, 0.15) is 0 Å². The topological polar surface area (TPSA) is 49.0 Å². The molecule has 0 aliphatic heterocycles. The van der Waals surface area contributed by atoms with Gasteiger partial charge in [-0.05, 0) is 6.42 Å². The Morgan fingerprint density at radius 2 is 2.29 bits per heavy atom. The molecule has 1 amide bonds. The van der Waals surface area contributed by atoms with E-state index in [1.54, 1.807) is 0 Å². The fourth-order valence-electron chi connectivity index (χ4n) is 0.227. The summed E-state index contributed by atoms with van der Waals surface area (Å²) in [6.45, 7) is 2.37. The average Bonchev–Trinajstić information content (AvgIpc) is 1.61. The molecule has 0 saturated heterocycles. The van der Waals surface area contributed by atoms with Crippen LogP contribution in [0.5, 0.6) is 0 Å². The Labute approximate surface area is 42.3 Å². The van der Waals surface area contributed by atoms with Gasteiger partial charge in [0.15, 0.2) is 0 Å². The van der Waals surface area contributed by atoms with Crippen LogP contribution in [0.15, 0.2) is 0 Å². The Morgan fingerprint density at radius 1 is 1.71 bits per heavy atom. The van der Waals surface area contributed by atoms with Gasteiger partial charge in [-0.25, -0.2) is 9.90 Å². The van der Waals surface area contributed by atoms with Crippen molar-refractivity contribution in [3.05, 3.63) is 0 Å². The molecule has 41 valence electrons. The first-order chi connectivity index (χ1) is 3.27. The molecule has 1 N–H and O–H groups in total. The smallest absolute Gasteiger partial charge is 0.318 e. The van der Waals surface area contributed by atoms with Crippen LogP contribution in [0.1, 0.15) is 13.3 Å². The Bertz CT molecular complexity index is 62.7. The van der Waals surface area contributed by atoms with Crippen LogP contribution in [0.25, 0.3) is 0 Å². The summed E-state index contributed by atoms with van der Waals surface area (Å²) < 4.78 is 0. The van der Waals surface area contributed by atoms with Crippen LogP contribution in [-0.2, 0) is 5.11 Å². The van der Waals surface area contributed by atoms with Gasteiger partial charge in [-0.15, -0.1) is 0 Å². The van der Waals surface area contributed by atoms with Crippen LogP contribution in [-0.4, -0.2) is 12.6 Å². The third-order valence-electron chi connectivity index (χ3n) is 0.519. The van der Waals surface area contributed by atoms with E-state index < -0.39 is 6.09 Å². The van der Waals surface area contributed by atoms with Gasteiger partial charge in [0.2, 0.25) is 0 Å². The molecule has 0 atom stereocenters. The van der Waals surface area contributed by atoms with E-state index in [4.69, 9.17) is 0 Å². The first-order valence-electron chi connectivity index (χ1n) is 2.22. The van der Waals surface area contributed by atoms with Crippen LogP contribution < -0.4 is 5.32 Å². The lowest BCUT2D eigenvalue weighted by atomic mass is 10.5. The molecule has 0 aliphatic rings. The molecule has 0 heterocycles. The van der Waals surface area contributed by atoms with E-state index in [9.17, 15) is 9.90 Å². The van der Waals surface area contributed by atoms with Gasteiger partial charge in [-0.2, -0.15) is 0 Å². The fraction of sp³-hybridized carbons (Fsp3) is 0.750. The quantitative estimate of drug-likeness (QED) is 0.543. The maximum atomic E-state index is 9.54. The van der Waals surface area contributed by atoms with E-state index in [-0.39, 0.29) is 0 Å². The number of amides is 1. The van der Waals surface area contributed by atoms with Crippen LogP contribution in [0.4, 0.5) is 4.79 Å². The van der Waals surface area contributed by atoms with Crippen molar-refractivity contribution in [3.8, 4) is 0 Å². The number of hydrogen-bond donors (Lipinski definition) is 1. The van der Waals surface area contributed by atoms with Gasteiger partial charge in [0, 0.05) is 6.54 Å². The second-order valence-electron chi connectivity index (χ2n) is 1.21. The summed E-state index contributed by atoms with van der Waals surface area (Å²) in [6, 6.07) is 0. The summed E-state index contributed by atoms with van der Waals surface area (Å²) in [5.41, 5.74) is 0. The molecule has 7 heavy (non-hydrogen) atoms. The highest BCUT2D eigenvalue weighted by Gasteiger charge is 1.90. The molecule has 0 aromatic rings. The lowest BCUT2D eigenvalue weighted by molar-refractivity contribution is 0.168. The minimum Gasteiger partial charge on any atom is -0.318 e. The molecule has 0 unspecified atom stereocenters. The first-order valence-corrected chi connectivity index (χ1v) is 2.22. The van der Waals surface area contributed by atoms with Crippen molar-refractivity contribution in [1.82, 2.24) is 5.32 Å². The Hall–Kier alpha value is -0.730. The number of carbonyl (C=O) groups is 1. The normalized spacial score (nSPS) is 8.14.